The molecule has 0 fully saturated rings. The number of urea groups is 1. The number of carbonyl (C=O) groups is 3. The Hall–Kier alpha value is -1.79. The molecule has 0 aromatic carbocycles. The molecule has 0 radical (unpaired) electrons. The molecule has 0 heterocycles. The van der Waals surface area contributed by atoms with Crippen molar-refractivity contribution in [2.45, 2.75) is 52.4 Å². The van der Waals surface area contributed by atoms with Gasteiger partial charge < -0.3 is 21.5 Å². The minimum absolute atomic E-state index is 0.118. The van der Waals surface area contributed by atoms with Crippen LogP contribution in [0.25, 0.3) is 0 Å². The summed E-state index contributed by atoms with van der Waals surface area (Å²) >= 11 is 0. The van der Waals surface area contributed by atoms with Crippen LogP contribution in [-0.4, -0.2) is 36.1 Å². The van der Waals surface area contributed by atoms with E-state index in [0.29, 0.717) is 38.8 Å². The fourth-order valence-electron chi connectivity index (χ4n) is 1.77. The highest BCUT2D eigenvalue weighted by molar-refractivity contribution is 5.74. The fourth-order valence-corrected chi connectivity index (χ4v) is 1.77. The number of hydrogen-bond acceptors (Lipinski definition) is 3. The van der Waals surface area contributed by atoms with Crippen molar-refractivity contribution in [3.8, 4) is 0 Å². The van der Waals surface area contributed by atoms with Crippen LogP contribution in [0.3, 0.4) is 0 Å². The summed E-state index contributed by atoms with van der Waals surface area (Å²) in [4.78, 5) is 32.5. The maximum Gasteiger partial charge on any atom is 0.314 e. The zero-order valence-corrected chi connectivity index (χ0v) is 12.9. The molecule has 21 heavy (non-hydrogen) atoms. The third kappa shape index (κ3) is 13.0. The quantitative estimate of drug-likeness (QED) is 0.429. The Morgan fingerprint density at radius 3 is 2.19 bits per heavy atom. The van der Waals surface area contributed by atoms with Gasteiger partial charge in [0.1, 0.15) is 0 Å². The average Bonchev–Trinajstić information content (AvgIpc) is 2.35. The Kier molecular flexibility index (Phi) is 9.16. The van der Waals surface area contributed by atoms with Crippen LogP contribution in [0.2, 0.25) is 0 Å². The van der Waals surface area contributed by atoms with Gasteiger partial charge in [-0.1, -0.05) is 13.8 Å². The van der Waals surface area contributed by atoms with Crippen molar-refractivity contribution in [2.24, 2.45) is 11.1 Å². The van der Waals surface area contributed by atoms with E-state index in [1.54, 1.807) is 0 Å². The van der Waals surface area contributed by atoms with Gasteiger partial charge in [-0.05, 0) is 31.1 Å². The Morgan fingerprint density at radius 1 is 1.00 bits per heavy atom. The van der Waals surface area contributed by atoms with Crippen molar-refractivity contribution >= 4 is 17.9 Å². The van der Waals surface area contributed by atoms with Crippen molar-refractivity contribution in [3.63, 3.8) is 0 Å². The second-order valence-corrected chi connectivity index (χ2v) is 5.91. The number of amides is 3. The second kappa shape index (κ2) is 10.0. The van der Waals surface area contributed by atoms with E-state index in [2.05, 4.69) is 10.6 Å². The topological polar surface area (TPSA) is 122 Å². The van der Waals surface area contributed by atoms with E-state index in [1.165, 1.54) is 0 Å². The number of unbranched alkanes of at least 4 members (excludes halogenated alkanes) is 1. The van der Waals surface area contributed by atoms with E-state index in [1.807, 2.05) is 13.8 Å². The SMILES string of the molecule is CC(C)(CCNC(=O)NCCCCC(N)=O)CCC(=O)O. The zero-order chi connectivity index (χ0) is 16.3. The second-order valence-electron chi connectivity index (χ2n) is 5.91. The normalized spacial score (nSPS) is 11.0. The standard InChI is InChI=1S/C14H27N3O4/c1-14(2,7-6-12(19)20)8-10-17-13(21)16-9-4-3-5-11(15)18/h3-10H2,1-2H3,(H2,15,18)(H,19,20)(H2,16,17,21). The van der Waals surface area contributed by atoms with Crippen molar-refractivity contribution in [1.29, 1.82) is 0 Å². The molecule has 0 bridgehead atoms. The first-order valence-electron chi connectivity index (χ1n) is 7.25. The van der Waals surface area contributed by atoms with Gasteiger partial charge in [-0.3, -0.25) is 9.59 Å². The van der Waals surface area contributed by atoms with Gasteiger partial charge in [0.05, 0.1) is 0 Å². The van der Waals surface area contributed by atoms with Gasteiger partial charge in [-0.15, -0.1) is 0 Å². The van der Waals surface area contributed by atoms with Crippen molar-refractivity contribution in [2.75, 3.05) is 13.1 Å². The van der Waals surface area contributed by atoms with Gasteiger partial charge in [0.15, 0.2) is 0 Å². The number of primary amides is 1. The first kappa shape index (κ1) is 19.2. The van der Waals surface area contributed by atoms with Crippen LogP contribution in [0.1, 0.15) is 52.4 Å². The number of rotatable bonds is 11. The van der Waals surface area contributed by atoms with E-state index in [9.17, 15) is 14.4 Å². The molecule has 0 aliphatic carbocycles. The van der Waals surface area contributed by atoms with Crippen LogP contribution in [-0.2, 0) is 9.59 Å². The minimum atomic E-state index is -0.801. The maximum absolute atomic E-state index is 11.5. The lowest BCUT2D eigenvalue weighted by Crippen LogP contribution is -2.37. The summed E-state index contributed by atoms with van der Waals surface area (Å²) in [7, 11) is 0. The highest BCUT2D eigenvalue weighted by Gasteiger charge is 2.19. The highest BCUT2D eigenvalue weighted by Crippen LogP contribution is 2.25. The first-order valence-corrected chi connectivity index (χ1v) is 7.25. The molecular weight excluding hydrogens is 274 g/mol. The molecule has 0 atom stereocenters. The lowest BCUT2D eigenvalue weighted by atomic mass is 9.84. The fraction of sp³-hybridized carbons (Fsp3) is 0.786. The molecule has 0 aliphatic rings. The van der Waals surface area contributed by atoms with Gasteiger partial charge >= 0.3 is 12.0 Å². The molecule has 0 unspecified atom stereocenters. The van der Waals surface area contributed by atoms with Crippen molar-refractivity contribution in [1.82, 2.24) is 10.6 Å². The molecular formula is C14H27N3O4. The molecule has 0 saturated carbocycles. The van der Waals surface area contributed by atoms with Crippen LogP contribution < -0.4 is 16.4 Å². The molecule has 3 amide bonds. The monoisotopic (exact) mass is 301 g/mol. The number of carboxylic acid groups (broad SMARTS) is 1. The van der Waals surface area contributed by atoms with Crippen molar-refractivity contribution in [3.05, 3.63) is 0 Å². The molecule has 122 valence electrons. The van der Waals surface area contributed by atoms with Crippen LogP contribution in [0.15, 0.2) is 0 Å². The summed E-state index contributed by atoms with van der Waals surface area (Å²) in [6.45, 7) is 4.97. The summed E-state index contributed by atoms with van der Waals surface area (Å²) in [5, 5.41) is 14.1. The number of nitrogens with two attached hydrogens (primary N) is 1. The van der Waals surface area contributed by atoms with Crippen LogP contribution in [0.4, 0.5) is 4.79 Å². The molecule has 0 saturated heterocycles. The summed E-state index contributed by atoms with van der Waals surface area (Å²) in [6, 6.07) is -0.247. The van der Waals surface area contributed by atoms with Gasteiger partial charge in [-0.25, -0.2) is 4.79 Å². The molecule has 0 aliphatic heterocycles. The molecule has 0 spiro atoms. The molecule has 7 heteroatoms. The Bertz CT molecular complexity index is 356. The van der Waals surface area contributed by atoms with E-state index >= 15 is 0 Å². The third-order valence-corrected chi connectivity index (χ3v) is 3.24. The van der Waals surface area contributed by atoms with E-state index in [0.717, 1.165) is 6.42 Å². The summed E-state index contributed by atoms with van der Waals surface area (Å²) < 4.78 is 0. The lowest BCUT2D eigenvalue weighted by Gasteiger charge is -2.23. The summed E-state index contributed by atoms with van der Waals surface area (Å²) in [5.41, 5.74) is 4.89. The van der Waals surface area contributed by atoms with Crippen LogP contribution >= 0.6 is 0 Å². The molecule has 0 aromatic heterocycles. The minimum Gasteiger partial charge on any atom is -0.481 e. The Balaban J connectivity index is 3.64. The van der Waals surface area contributed by atoms with Gasteiger partial charge in [-0.2, -0.15) is 0 Å². The number of carbonyl (C=O) groups excluding carboxylic acids is 2. The van der Waals surface area contributed by atoms with Crippen molar-refractivity contribution < 1.29 is 19.5 Å². The van der Waals surface area contributed by atoms with E-state index in [-0.39, 0.29) is 23.8 Å². The Labute approximate surface area is 125 Å². The van der Waals surface area contributed by atoms with Crippen LogP contribution in [0, 0.1) is 5.41 Å². The number of nitrogens with one attached hydrogen (secondary N) is 2. The van der Waals surface area contributed by atoms with E-state index in [4.69, 9.17) is 10.8 Å². The molecule has 0 aromatic rings. The first-order chi connectivity index (χ1) is 9.73. The smallest absolute Gasteiger partial charge is 0.314 e. The van der Waals surface area contributed by atoms with E-state index < -0.39 is 5.97 Å². The molecule has 7 nitrogen and oxygen atoms in total. The zero-order valence-electron chi connectivity index (χ0n) is 12.9. The Morgan fingerprint density at radius 2 is 1.62 bits per heavy atom. The number of aliphatic carboxylic acids is 1. The van der Waals surface area contributed by atoms with Crippen LogP contribution in [0.5, 0.6) is 0 Å². The summed E-state index contributed by atoms with van der Waals surface area (Å²) in [6.07, 6.45) is 3.15. The maximum atomic E-state index is 11.5. The van der Waals surface area contributed by atoms with Gasteiger partial charge in [0.2, 0.25) is 5.91 Å². The van der Waals surface area contributed by atoms with Gasteiger partial charge in [0.25, 0.3) is 0 Å². The molecule has 5 N–H and O–H groups in total. The lowest BCUT2D eigenvalue weighted by molar-refractivity contribution is -0.137. The number of hydrogen-bond donors (Lipinski definition) is 4. The molecule has 0 rings (SSSR count). The largest absolute Gasteiger partial charge is 0.481 e. The predicted molar refractivity (Wildman–Crippen MR) is 79.7 cm³/mol. The summed E-state index contributed by atoms with van der Waals surface area (Å²) in [5.74, 6) is -1.13. The predicted octanol–water partition coefficient (Wildman–Crippen LogP) is 1.22. The average molecular weight is 301 g/mol. The highest BCUT2D eigenvalue weighted by atomic mass is 16.4. The number of carboxylic acids is 1. The third-order valence-electron chi connectivity index (χ3n) is 3.24. The van der Waals surface area contributed by atoms with Gasteiger partial charge in [0, 0.05) is 25.9 Å².